The van der Waals surface area contributed by atoms with Gasteiger partial charge in [-0.25, -0.2) is 19.2 Å². The number of hydrazine groups is 1. The molecule has 4 rings (SSSR count). The number of nitrogens with one attached hydrogen (secondary N) is 1. The van der Waals surface area contributed by atoms with Crippen molar-refractivity contribution in [1.29, 1.82) is 0 Å². The Morgan fingerprint density at radius 1 is 1.12 bits per heavy atom. The Morgan fingerprint density at radius 3 is 2.50 bits per heavy atom. The lowest BCUT2D eigenvalue weighted by molar-refractivity contribution is -0.188. The fraction of sp³-hybridized carbons (Fsp3) is 0.640. The first-order chi connectivity index (χ1) is 16.4. The van der Waals surface area contributed by atoms with Crippen molar-refractivity contribution in [2.24, 2.45) is 5.92 Å². The van der Waals surface area contributed by atoms with Crippen LogP contribution in [0.3, 0.4) is 0 Å². The molecule has 2 aliphatic heterocycles. The van der Waals surface area contributed by atoms with E-state index >= 15 is 0 Å². The van der Waals surface area contributed by atoms with Crippen LogP contribution < -0.4 is 5.32 Å². The van der Waals surface area contributed by atoms with E-state index in [2.05, 4.69) is 5.32 Å². The molecule has 1 aliphatic carbocycles. The number of benzene rings is 1. The van der Waals surface area contributed by atoms with Crippen molar-refractivity contribution in [3.63, 3.8) is 0 Å². The quantitative estimate of drug-likeness (QED) is 0.689. The molecule has 2 atom stereocenters. The van der Waals surface area contributed by atoms with Crippen LogP contribution >= 0.6 is 0 Å². The van der Waals surface area contributed by atoms with Gasteiger partial charge in [-0.1, -0.05) is 44.7 Å². The Bertz CT molecular complexity index is 889. The molecule has 0 bridgehead atoms. The summed E-state index contributed by atoms with van der Waals surface area (Å²) < 4.78 is 13.2. The Balaban J connectivity index is 1.54. The van der Waals surface area contributed by atoms with Crippen molar-refractivity contribution in [3.05, 3.63) is 35.6 Å². The first-order valence-electron chi connectivity index (χ1n) is 12.5. The number of halogens is 1. The normalized spacial score (nSPS) is 24.4. The minimum atomic E-state index is -0.544. The monoisotopic (exact) mass is 473 g/mol. The van der Waals surface area contributed by atoms with Gasteiger partial charge < -0.3 is 15.1 Å². The number of piperazine rings is 1. The number of carbonyl (C=O) groups is 3. The molecule has 1 N–H and O–H groups in total. The third kappa shape index (κ3) is 5.19. The number of carbonyl (C=O) groups excluding carboxylic acids is 3. The van der Waals surface area contributed by atoms with E-state index in [0.717, 1.165) is 24.8 Å². The number of hydrogen-bond acceptors (Lipinski definition) is 4. The number of urea groups is 1. The van der Waals surface area contributed by atoms with Crippen LogP contribution in [0.2, 0.25) is 0 Å². The molecule has 2 saturated heterocycles. The van der Waals surface area contributed by atoms with Gasteiger partial charge >= 0.3 is 6.03 Å². The molecule has 4 amide bonds. The average molecular weight is 474 g/mol. The molecule has 1 aromatic carbocycles. The third-order valence-corrected chi connectivity index (χ3v) is 7.27. The summed E-state index contributed by atoms with van der Waals surface area (Å²) in [4.78, 5) is 43.4. The fourth-order valence-electron chi connectivity index (χ4n) is 5.56. The summed E-state index contributed by atoms with van der Waals surface area (Å²) in [5.74, 6) is 0.0311. The largest absolute Gasteiger partial charge is 0.337 e. The van der Waals surface area contributed by atoms with E-state index in [1.54, 1.807) is 34.1 Å². The summed E-state index contributed by atoms with van der Waals surface area (Å²) in [6.07, 6.45) is 6.69. The SMILES string of the molecule is CCC[C@H]1C(=O)N(CC2CCCCC2)C[C@H]2N1C(=O)CN(C)N2C(=O)NCc1ccc(F)cc1. The molecule has 1 saturated carbocycles. The van der Waals surface area contributed by atoms with E-state index in [-0.39, 0.29) is 36.8 Å². The zero-order valence-corrected chi connectivity index (χ0v) is 20.2. The molecule has 0 radical (unpaired) electrons. The highest BCUT2D eigenvalue weighted by molar-refractivity contribution is 5.91. The van der Waals surface area contributed by atoms with Crippen LogP contribution in [0.1, 0.15) is 57.4 Å². The second-order valence-corrected chi connectivity index (χ2v) is 9.78. The van der Waals surface area contributed by atoms with Crippen molar-refractivity contribution < 1.29 is 18.8 Å². The van der Waals surface area contributed by atoms with Crippen LogP contribution in [0.4, 0.5) is 9.18 Å². The lowest BCUT2D eigenvalue weighted by Crippen LogP contribution is -2.76. The summed E-state index contributed by atoms with van der Waals surface area (Å²) in [6.45, 7) is 3.29. The second kappa shape index (κ2) is 10.7. The minimum Gasteiger partial charge on any atom is -0.337 e. The lowest BCUT2D eigenvalue weighted by atomic mass is 9.88. The Kier molecular flexibility index (Phi) is 7.70. The number of fused-ring (bicyclic) bond motifs is 1. The second-order valence-electron chi connectivity index (χ2n) is 9.78. The molecule has 186 valence electrons. The summed E-state index contributed by atoms with van der Waals surface area (Å²) >= 11 is 0. The number of hydrogen-bond donors (Lipinski definition) is 1. The van der Waals surface area contributed by atoms with Crippen LogP contribution in [-0.4, -0.2) is 76.6 Å². The van der Waals surface area contributed by atoms with E-state index in [4.69, 9.17) is 0 Å². The maximum Gasteiger partial charge on any atom is 0.334 e. The van der Waals surface area contributed by atoms with E-state index < -0.39 is 12.2 Å². The molecule has 34 heavy (non-hydrogen) atoms. The van der Waals surface area contributed by atoms with E-state index in [1.807, 2.05) is 11.8 Å². The van der Waals surface area contributed by atoms with E-state index in [0.29, 0.717) is 25.4 Å². The van der Waals surface area contributed by atoms with Gasteiger partial charge in [0.25, 0.3) is 0 Å². The summed E-state index contributed by atoms with van der Waals surface area (Å²) in [7, 11) is 1.73. The van der Waals surface area contributed by atoms with Gasteiger partial charge in [0.15, 0.2) is 0 Å². The van der Waals surface area contributed by atoms with Gasteiger partial charge in [0.1, 0.15) is 18.0 Å². The van der Waals surface area contributed by atoms with Crippen molar-refractivity contribution in [2.75, 3.05) is 26.7 Å². The summed E-state index contributed by atoms with van der Waals surface area (Å²) in [5.41, 5.74) is 0.781. The molecule has 0 spiro atoms. The standard InChI is InChI=1S/C25H36FN5O3/c1-3-7-21-24(33)29(15-19-8-5-4-6-9-19)16-22-30(21)23(32)17-28(2)31(22)25(34)27-14-18-10-12-20(26)13-11-18/h10-13,19,21-22H,3-9,14-17H2,1-2H3,(H,27,34)/t21-,22-/m0/s1. The molecular weight excluding hydrogens is 437 g/mol. The van der Waals surface area contributed by atoms with Gasteiger partial charge in [-0.05, 0) is 42.9 Å². The smallest absolute Gasteiger partial charge is 0.334 e. The van der Waals surface area contributed by atoms with E-state index in [9.17, 15) is 18.8 Å². The molecule has 2 heterocycles. The first kappa shape index (κ1) is 24.4. The fourth-order valence-corrected chi connectivity index (χ4v) is 5.56. The topological polar surface area (TPSA) is 76.2 Å². The molecular formula is C25H36FN5O3. The Morgan fingerprint density at radius 2 is 1.82 bits per heavy atom. The lowest BCUT2D eigenvalue weighted by Gasteiger charge is -2.54. The van der Waals surface area contributed by atoms with Gasteiger partial charge in [-0.3, -0.25) is 9.59 Å². The highest BCUT2D eigenvalue weighted by atomic mass is 19.1. The van der Waals surface area contributed by atoms with Crippen LogP contribution in [0.15, 0.2) is 24.3 Å². The van der Waals surface area contributed by atoms with E-state index in [1.165, 1.54) is 31.4 Å². The number of nitrogens with zero attached hydrogens (tertiary/aromatic N) is 4. The van der Waals surface area contributed by atoms with Crippen LogP contribution in [0.25, 0.3) is 0 Å². The van der Waals surface area contributed by atoms with Crippen molar-refractivity contribution in [2.45, 2.75) is 70.6 Å². The van der Waals surface area contributed by atoms with Gasteiger partial charge in [0.05, 0.1) is 13.1 Å². The highest BCUT2D eigenvalue weighted by Gasteiger charge is 2.50. The van der Waals surface area contributed by atoms with Crippen LogP contribution in [0.5, 0.6) is 0 Å². The van der Waals surface area contributed by atoms with Gasteiger partial charge in [-0.2, -0.15) is 0 Å². The van der Waals surface area contributed by atoms with Crippen molar-refractivity contribution >= 4 is 17.8 Å². The van der Waals surface area contributed by atoms with Gasteiger partial charge in [-0.15, -0.1) is 0 Å². The Labute approximate surface area is 201 Å². The number of amides is 4. The summed E-state index contributed by atoms with van der Waals surface area (Å²) in [6, 6.07) is 5.11. The molecule has 8 nitrogen and oxygen atoms in total. The number of likely N-dealkylation sites (N-methyl/N-ethyl adjacent to an activating group) is 1. The van der Waals surface area contributed by atoms with Crippen molar-refractivity contribution in [3.8, 4) is 0 Å². The third-order valence-electron chi connectivity index (χ3n) is 7.27. The highest BCUT2D eigenvalue weighted by Crippen LogP contribution is 2.31. The molecule has 3 aliphatic rings. The first-order valence-corrected chi connectivity index (χ1v) is 12.5. The van der Waals surface area contributed by atoms with Gasteiger partial charge in [0.2, 0.25) is 11.8 Å². The maximum atomic E-state index is 13.5. The average Bonchev–Trinajstić information content (AvgIpc) is 2.82. The molecule has 0 unspecified atom stereocenters. The predicted molar refractivity (Wildman–Crippen MR) is 126 cm³/mol. The molecule has 9 heteroatoms. The van der Waals surface area contributed by atoms with Crippen LogP contribution in [-0.2, 0) is 16.1 Å². The van der Waals surface area contributed by atoms with Gasteiger partial charge in [0, 0.05) is 20.1 Å². The molecule has 0 aromatic heterocycles. The molecule has 3 fully saturated rings. The summed E-state index contributed by atoms with van der Waals surface area (Å²) in [5, 5.41) is 6.12. The number of rotatable bonds is 6. The van der Waals surface area contributed by atoms with Crippen LogP contribution in [0, 0.1) is 11.7 Å². The maximum absolute atomic E-state index is 13.5. The zero-order valence-electron chi connectivity index (χ0n) is 20.2. The minimum absolute atomic E-state index is 0.00764. The molecule has 1 aromatic rings. The zero-order chi connectivity index (χ0) is 24.2. The Hall–Kier alpha value is -2.68. The van der Waals surface area contributed by atoms with Crippen molar-refractivity contribution in [1.82, 2.24) is 25.1 Å². The predicted octanol–water partition coefficient (Wildman–Crippen LogP) is 2.94.